The summed E-state index contributed by atoms with van der Waals surface area (Å²) in [7, 11) is 0.315. The molecule has 0 saturated heterocycles. The molecule has 1 aliphatic rings. The number of hydrogen-bond donors (Lipinski definition) is 0. The number of rotatable bonds is 3. The lowest BCUT2D eigenvalue weighted by atomic mass is 10.2. The molecular formula is C16H16N4O6S. The number of hydrogen-bond acceptors (Lipinski definition) is 7. The van der Waals surface area contributed by atoms with Crippen LogP contribution in [0.2, 0.25) is 0 Å². The maximum atomic E-state index is 12.9. The molecule has 0 aliphatic carbocycles. The van der Waals surface area contributed by atoms with Crippen LogP contribution in [0.15, 0.2) is 32.9 Å². The van der Waals surface area contributed by atoms with Crippen LogP contribution >= 0.6 is 0 Å². The molecule has 3 heterocycles. The summed E-state index contributed by atoms with van der Waals surface area (Å²) >= 11 is 0. The van der Waals surface area contributed by atoms with Crippen LogP contribution in [0, 0.1) is 0 Å². The molecule has 1 aliphatic heterocycles. The predicted octanol–water partition coefficient (Wildman–Crippen LogP) is -0.327. The molecule has 1 aromatic carbocycles. The van der Waals surface area contributed by atoms with Crippen LogP contribution in [0.4, 0.5) is 0 Å². The lowest BCUT2D eigenvalue weighted by molar-refractivity contribution is 0.174. The van der Waals surface area contributed by atoms with Gasteiger partial charge in [0.15, 0.2) is 22.7 Å². The van der Waals surface area contributed by atoms with E-state index in [9.17, 15) is 18.0 Å². The van der Waals surface area contributed by atoms with Crippen LogP contribution in [0.1, 0.15) is 5.56 Å². The molecule has 142 valence electrons. The zero-order valence-corrected chi connectivity index (χ0v) is 15.6. The summed E-state index contributed by atoms with van der Waals surface area (Å²) < 4.78 is 39.6. The summed E-state index contributed by atoms with van der Waals surface area (Å²) in [5.74, 6) is 0.691. The van der Waals surface area contributed by atoms with E-state index in [0.29, 0.717) is 17.1 Å². The fraction of sp³-hybridized carbons (Fsp3) is 0.312. The van der Waals surface area contributed by atoms with Crippen LogP contribution in [-0.2, 0) is 36.7 Å². The summed E-state index contributed by atoms with van der Waals surface area (Å²) in [6.07, 6.45) is 0. The standard InChI is InChI=1S/C16H16N4O6S/c1-18-12-13(19(2)16(22)20(3)14(12)21)17-15(18)27(23,24)7-9-4-5-10-11(6-9)26-8-25-10/h4-6H,7-8H2,1-3H3. The van der Waals surface area contributed by atoms with Gasteiger partial charge in [-0.3, -0.25) is 13.9 Å². The van der Waals surface area contributed by atoms with E-state index < -0.39 is 21.1 Å². The molecule has 0 radical (unpaired) electrons. The van der Waals surface area contributed by atoms with Gasteiger partial charge in [0.2, 0.25) is 21.8 Å². The Balaban J connectivity index is 1.85. The molecule has 0 saturated carbocycles. The zero-order chi connectivity index (χ0) is 19.5. The summed E-state index contributed by atoms with van der Waals surface area (Å²) in [5, 5.41) is -0.284. The minimum absolute atomic E-state index is 0.0230. The molecule has 0 fully saturated rings. The number of aryl methyl sites for hydroxylation is 2. The van der Waals surface area contributed by atoms with Gasteiger partial charge in [-0.15, -0.1) is 0 Å². The van der Waals surface area contributed by atoms with Gasteiger partial charge in [-0.25, -0.2) is 13.2 Å². The van der Waals surface area contributed by atoms with Crippen LogP contribution in [0.3, 0.4) is 0 Å². The lowest BCUT2D eigenvalue weighted by Crippen LogP contribution is -2.37. The number of ether oxygens (including phenoxy) is 2. The third-order valence-electron chi connectivity index (χ3n) is 4.51. The van der Waals surface area contributed by atoms with Gasteiger partial charge in [0.25, 0.3) is 5.56 Å². The van der Waals surface area contributed by atoms with E-state index in [1.165, 1.54) is 25.7 Å². The number of nitrogens with zero attached hydrogens (tertiary/aromatic N) is 4. The molecule has 10 nitrogen and oxygen atoms in total. The summed E-state index contributed by atoms with van der Waals surface area (Å²) in [4.78, 5) is 28.6. The van der Waals surface area contributed by atoms with E-state index >= 15 is 0 Å². The normalized spacial score (nSPS) is 13.4. The Hall–Kier alpha value is -3.08. The van der Waals surface area contributed by atoms with Crippen molar-refractivity contribution < 1.29 is 17.9 Å². The first kappa shape index (κ1) is 17.3. The highest BCUT2D eigenvalue weighted by molar-refractivity contribution is 7.90. The van der Waals surface area contributed by atoms with E-state index in [2.05, 4.69) is 4.98 Å². The Morgan fingerprint density at radius 3 is 2.48 bits per heavy atom. The minimum Gasteiger partial charge on any atom is -0.454 e. The Kier molecular flexibility index (Phi) is 3.67. The zero-order valence-electron chi connectivity index (χ0n) is 14.8. The Morgan fingerprint density at radius 1 is 1.04 bits per heavy atom. The number of sulfone groups is 1. The summed E-state index contributed by atoms with van der Waals surface area (Å²) in [5.41, 5.74) is -0.621. The number of fused-ring (bicyclic) bond motifs is 2. The molecule has 0 unspecified atom stereocenters. The SMILES string of the molecule is Cn1c(=O)c2c(nc(S(=O)(=O)Cc3ccc4c(c3)OCO4)n2C)n(C)c1=O. The van der Waals surface area contributed by atoms with Crippen LogP contribution < -0.4 is 20.7 Å². The van der Waals surface area contributed by atoms with Gasteiger partial charge >= 0.3 is 5.69 Å². The van der Waals surface area contributed by atoms with Crippen molar-refractivity contribution in [3.8, 4) is 11.5 Å². The lowest BCUT2D eigenvalue weighted by Gasteiger charge is -2.06. The molecule has 0 spiro atoms. The Bertz CT molecular complexity index is 1320. The average molecular weight is 392 g/mol. The maximum Gasteiger partial charge on any atom is 0.332 e. The van der Waals surface area contributed by atoms with Gasteiger partial charge in [-0.2, -0.15) is 4.98 Å². The van der Waals surface area contributed by atoms with E-state index in [1.54, 1.807) is 18.2 Å². The number of aromatic nitrogens is 4. The molecule has 0 amide bonds. The van der Waals surface area contributed by atoms with Crippen molar-refractivity contribution in [2.24, 2.45) is 21.1 Å². The van der Waals surface area contributed by atoms with Crippen molar-refractivity contribution in [1.82, 2.24) is 18.7 Å². The average Bonchev–Trinajstić information content (AvgIpc) is 3.22. The van der Waals surface area contributed by atoms with Gasteiger partial charge in [0.1, 0.15) is 0 Å². The van der Waals surface area contributed by atoms with Gasteiger partial charge in [0.05, 0.1) is 5.75 Å². The summed E-state index contributed by atoms with van der Waals surface area (Å²) in [6.45, 7) is 0.0909. The molecule has 4 rings (SSSR count). The number of imidazole rings is 1. The predicted molar refractivity (Wildman–Crippen MR) is 94.7 cm³/mol. The van der Waals surface area contributed by atoms with Crippen LogP contribution in [0.5, 0.6) is 11.5 Å². The monoisotopic (exact) mass is 392 g/mol. The van der Waals surface area contributed by atoms with Crippen molar-refractivity contribution in [1.29, 1.82) is 0 Å². The van der Waals surface area contributed by atoms with Crippen LogP contribution in [0.25, 0.3) is 11.2 Å². The van der Waals surface area contributed by atoms with Crippen LogP contribution in [-0.4, -0.2) is 33.9 Å². The summed E-state index contributed by atoms with van der Waals surface area (Å²) in [6, 6.07) is 4.86. The molecule has 0 atom stereocenters. The van der Waals surface area contributed by atoms with Crippen molar-refractivity contribution in [3.05, 3.63) is 44.6 Å². The second-order valence-electron chi connectivity index (χ2n) is 6.28. The van der Waals surface area contributed by atoms with Crippen molar-refractivity contribution in [2.75, 3.05) is 6.79 Å². The largest absolute Gasteiger partial charge is 0.454 e. The first-order valence-electron chi connectivity index (χ1n) is 7.94. The first-order chi connectivity index (χ1) is 12.7. The molecule has 0 bridgehead atoms. The van der Waals surface area contributed by atoms with E-state index in [0.717, 1.165) is 9.13 Å². The Labute approximate surface area is 153 Å². The molecule has 3 aromatic rings. The maximum absolute atomic E-state index is 12.9. The third kappa shape index (κ3) is 2.53. The molecule has 2 aromatic heterocycles. The van der Waals surface area contributed by atoms with E-state index in [-0.39, 0.29) is 28.9 Å². The molecule has 27 heavy (non-hydrogen) atoms. The topological polar surface area (TPSA) is 114 Å². The molecule has 11 heteroatoms. The van der Waals surface area contributed by atoms with E-state index in [4.69, 9.17) is 9.47 Å². The van der Waals surface area contributed by atoms with Gasteiger partial charge in [-0.05, 0) is 17.7 Å². The second-order valence-corrected chi connectivity index (χ2v) is 8.16. The van der Waals surface area contributed by atoms with Gasteiger partial charge in [-0.1, -0.05) is 6.07 Å². The van der Waals surface area contributed by atoms with Gasteiger partial charge < -0.3 is 14.0 Å². The van der Waals surface area contributed by atoms with Gasteiger partial charge in [0, 0.05) is 21.1 Å². The van der Waals surface area contributed by atoms with Crippen molar-refractivity contribution in [2.45, 2.75) is 10.9 Å². The second kappa shape index (κ2) is 5.71. The van der Waals surface area contributed by atoms with Crippen molar-refractivity contribution >= 4 is 21.0 Å². The first-order valence-corrected chi connectivity index (χ1v) is 9.59. The smallest absolute Gasteiger partial charge is 0.332 e. The minimum atomic E-state index is -3.89. The third-order valence-corrected chi connectivity index (χ3v) is 6.14. The number of benzene rings is 1. The van der Waals surface area contributed by atoms with Crippen molar-refractivity contribution in [3.63, 3.8) is 0 Å². The Morgan fingerprint density at radius 2 is 1.74 bits per heavy atom. The highest BCUT2D eigenvalue weighted by atomic mass is 32.2. The fourth-order valence-corrected chi connectivity index (χ4v) is 4.57. The molecular weight excluding hydrogens is 376 g/mol. The van der Waals surface area contributed by atoms with E-state index in [1.807, 2.05) is 0 Å². The highest BCUT2D eigenvalue weighted by Gasteiger charge is 2.27. The highest BCUT2D eigenvalue weighted by Crippen LogP contribution is 2.33. The quantitative estimate of drug-likeness (QED) is 0.600. The molecule has 0 N–H and O–H groups in total. The fourth-order valence-electron chi connectivity index (χ4n) is 3.09.